The number of hydrogen-bond acceptors (Lipinski definition) is 2. The van der Waals surface area contributed by atoms with Crippen molar-refractivity contribution in [2.24, 2.45) is 0 Å². The van der Waals surface area contributed by atoms with Crippen LogP contribution in [0.2, 0.25) is 0 Å². The molecule has 1 N–H and O–H groups in total. The molecule has 2 rings (SSSR count). The fraction of sp³-hybridized carbons (Fsp3) is 0.556. The highest BCUT2D eigenvalue weighted by atomic mass is 16.5. The van der Waals surface area contributed by atoms with Crippen LogP contribution in [0.3, 0.4) is 0 Å². The summed E-state index contributed by atoms with van der Waals surface area (Å²) in [6, 6.07) is 6.78. The van der Waals surface area contributed by atoms with E-state index < -0.39 is 0 Å². The van der Waals surface area contributed by atoms with Gasteiger partial charge in [0.25, 0.3) is 0 Å². The van der Waals surface area contributed by atoms with Crippen molar-refractivity contribution < 1.29 is 4.74 Å². The topological polar surface area (TPSA) is 21.3 Å². The van der Waals surface area contributed by atoms with E-state index >= 15 is 0 Å². The number of nitrogens with one attached hydrogen (secondary N) is 1. The second-order valence-electron chi connectivity index (χ2n) is 5.70. The predicted octanol–water partition coefficient (Wildman–Crippen LogP) is 4.54. The van der Waals surface area contributed by atoms with E-state index in [9.17, 15) is 0 Å². The van der Waals surface area contributed by atoms with Gasteiger partial charge in [-0.3, -0.25) is 0 Å². The first-order valence-electron chi connectivity index (χ1n) is 7.77. The van der Waals surface area contributed by atoms with Crippen molar-refractivity contribution in [2.75, 3.05) is 14.2 Å². The predicted molar refractivity (Wildman–Crippen MR) is 85.3 cm³/mol. The van der Waals surface area contributed by atoms with Gasteiger partial charge in [0, 0.05) is 5.56 Å². The number of rotatable bonds is 4. The van der Waals surface area contributed by atoms with Crippen LogP contribution >= 0.6 is 0 Å². The van der Waals surface area contributed by atoms with Crippen molar-refractivity contribution in [2.45, 2.75) is 51.5 Å². The lowest BCUT2D eigenvalue weighted by Crippen LogP contribution is -2.20. The average Bonchev–Trinajstić information content (AvgIpc) is 2.42. The summed E-state index contributed by atoms with van der Waals surface area (Å²) in [5.41, 5.74) is 4.02. The molecule has 2 nitrogen and oxygen atoms in total. The molecule has 1 atom stereocenters. The molecule has 110 valence electrons. The van der Waals surface area contributed by atoms with Gasteiger partial charge >= 0.3 is 0 Å². The Morgan fingerprint density at radius 2 is 1.95 bits per heavy atom. The second-order valence-corrected chi connectivity index (χ2v) is 5.70. The Kier molecular flexibility index (Phi) is 5.66. The molecule has 0 fully saturated rings. The van der Waals surface area contributed by atoms with Gasteiger partial charge < -0.3 is 10.1 Å². The lowest BCUT2D eigenvalue weighted by atomic mass is 9.90. The summed E-state index contributed by atoms with van der Waals surface area (Å²) in [5.74, 6) is 0.993. The van der Waals surface area contributed by atoms with E-state index in [1.54, 1.807) is 7.11 Å². The van der Waals surface area contributed by atoms with E-state index in [-0.39, 0.29) is 6.04 Å². The Labute approximate surface area is 123 Å². The van der Waals surface area contributed by atoms with Gasteiger partial charge in [0.2, 0.25) is 0 Å². The van der Waals surface area contributed by atoms with Gasteiger partial charge in [-0.25, -0.2) is 0 Å². The molecule has 0 saturated carbocycles. The average molecular weight is 273 g/mol. The monoisotopic (exact) mass is 273 g/mol. The molecule has 0 aliphatic heterocycles. The zero-order valence-corrected chi connectivity index (χ0v) is 13.0. The maximum atomic E-state index is 5.59. The molecule has 0 saturated heterocycles. The highest BCUT2D eigenvalue weighted by Gasteiger charge is 2.19. The van der Waals surface area contributed by atoms with Gasteiger partial charge in [-0.05, 0) is 51.3 Å². The molecule has 1 aliphatic carbocycles. The van der Waals surface area contributed by atoms with E-state index in [0.29, 0.717) is 0 Å². The first-order valence-corrected chi connectivity index (χ1v) is 7.77. The van der Waals surface area contributed by atoms with Crippen LogP contribution < -0.4 is 10.1 Å². The van der Waals surface area contributed by atoms with Crippen LogP contribution in [0.4, 0.5) is 0 Å². The fourth-order valence-corrected chi connectivity index (χ4v) is 3.08. The fourth-order valence-electron chi connectivity index (χ4n) is 3.08. The van der Waals surface area contributed by atoms with Crippen LogP contribution in [0.5, 0.6) is 5.75 Å². The van der Waals surface area contributed by atoms with Crippen molar-refractivity contribution >= 4 is 0 Å². The number of aryl methyl sites for hydroxylation is 1. The minimum atomic E-state index is 0.281. The molecule has 0 aromatic heterocycles. The van der Waals surface area contributed by atoms with Gasteiger partial charge in [-0.15, -0.1) is 0 Å². The molecule has 2 heteroatoms. The smallest absolute Gasteiger partial charge is 0.124 e. The molecular weight excluding hydrogens is 246 g/mol. The van der Waals surface area contributed by atoms with E-state index in [4.69, 9.17) is 4.74 Å². The summed E-state index contributed by atoms with van der Waals surface area (Å²) in [6.07, 6.45) is 10.2. The molecule has 0 heterocycles. The zero-order chi connectivity index (χ0) is 14.4. The van der Waals surface area contributed by atoms with Crippen molar-refractivity contribution in [1.29, 1.82) is 0 Å². The summed E-state index contributed by atoms with van der Waals surface area (Å²) < 4.78 is 5.59. The third-order valence-electron chi connectivity index (χ3n) is 4.19. The van der Waals surface area contributed by atoms with Gasteiger partial charge in [0.1, 0.15) is 5.75 Å². The SMILES string of the molecule is CNC(/C1=C/CCCCCC1)c1ccc(C)cc1OC. The highest BCUT2D eigenvalue weighted by molar-refractivity contribution is 5.42. The Morgan fingerprint density at radius 3 is 2.70 bits per heavy atom. The number of allylic oxidation sites excluding steroid dienone is 1. The van der Waals surface area contributed by atoms with E-state index in [1.165, 1.54) is 55.2 Å². The highest BCUT2D eigenvalue weighted by Crippen LogP contribution is 2.34. The minimum Gasteiger partial charge on any atom is -0.496 e. The van der Waals surface area contributed by atoms with Crippen LogP contribution in [-0.2, 0) is 0 Å². The minimum absolute atomic E-state index is 0.281. The van der Waals surface area contributed by atoms with Crippen LogP contribution in [-0.4, -0.2) is 14.2 Å². The maximum Gasteiger partial charge on any atom is 0.124 e. The summed E-state index contributed by atoms with van der Waals surface area (Å²) in [4.78, 5) is 0. The van der Waals surface area contributed by atoms with E-state index in [1.807, 2.05) is 7.05 Å². The summed E-state index contributed by atoms with van der Waals surface area (Å²) in [7, 11) is 3.81. The molecule has 0 spiro atoms. The van der Waals surface area contributed by atoms with Crippen molar-refractivity contribution in [3.05, 3.63) is 41.0 Å². The Bertz CT molecular complexity index is 464. The van der Waals surface area contributed by atoms with Crippen molar-refractivity contribution in [1.82, 2.24) is 5.32 Å². The van der Waals surface area contributed by atoms with Gasteiger partial charge in [-0.2, -0.15) is 0 Å². The normalized spacial score (nSPS) is 20.4. The summed E-state index contributed by atoms with van der Waals surface area (Å²) in [5, 5.41) is 3.48. The van der Waals surface area contributed by atoms with Gasteiger partial charge in [-0.1, -0.05) is 36.6 Å². The van der Waals surface area contributed by atoms with Crippen LogP contribution in [0.15, 0.2) is 29.8 Å². The lowest BCUT2D eigenvalue weighted by Gasteiger charge is -2.24. The third-order valence-corrected chi connectivity index (χ3v) is 4.19. The molecular formula is C18H27NO. The molecule has 0 amide bonds. The third kappa shape index (κ3) is 3.63. The number of likely N-dealkylation sites (N-methyl/N-ethyl adjacent to an activating group) is 1. The van der Waals surface area contributed by atoms with E-state index in [0.717, 1.165) is 5.75 Å². The Balaban J connectivity index is 2.31. The lowest BCUT2D eigenvalue weighted by molar-refractivity contribution is 0.403. The molecule has 0 bridgehead atoms. The molecule has 1 aliphatic rings. The van der Waals surface area contributed by atoms with Crippen molar-refractivity contribution in [3.63, 3.8) is 0 Å². The second kappa shape index (κ2) is 7.49. The van der Waals surface area contributed by atoms with Crippen LogP contribution in [0.25, 0.3) is 0 Å². The largest absolute Gasteiger partial charge is 0.496 e. The Hall–Kier alpha value is -1.28. The van der Waals surface area contributed by atoms with Crippen LogP contribution in [0, 0.1) is 6.92 Å². The van der Waals surface area contributed by atoms with E-state index in [2.05, 4.69) is 36.5 Å². The standard InChI is InChI=1S/C18H27NO/c1-14-11-12-16(17(13-14)20-3)18(19-2)15-9-7-5-4-6-8-10-15/h9,11-13,18-19H,4-8,10H2,1-3H3/b15-9+. The molecule has 1 aromatic rings. The maximum absolute atomic E-state index is 5.59. The Morgan fingerprint density at radius 1 is 1.15 bits per heavy atom. The van der Waals surface area contributed by atoms with Gasteiger partial charge in [0.05, 0.1) is 13.2 Å². The molecule has 1 unspecified atom stereocenters. The number of methoxy groups -OCH3 is 1. The molecule has 0 radical (unpaired) electrons. The van der Waals surface area contributed by atoms with Crippen LogP contribution in [0.1, 0.15) is 55.7 Å². The summed E-state index contributed by atoms with van der Waals surface area (Å²) in [6.45, 7) is 2.11. The quantitative estimate of drug-likeness (QED) is 0.813. The number of ether oxygens (including phenoxy) is 1. The first kappa shape index (κ1) is 15.1. The van der Waals surface area contributed by atoms with Crippen molar-refractivity contribution in [3.8, 4) is 5.75 Å². The summed E-state index contributed by atoms with van der Waals surface area (Å²) >= 11 is 0. The number of benzene rings is 1. The number of hydrogen-bond donors (Lipinski definition) is 1. The zero-order valence-electron chi connectivity index (χ0n) is 13.0. The first-order chi connectivity index (χ1) is 9.76. The van der Waals surface area contributed by atoms with Gasteiger partial charge in [0.15, 0.2) is 0 Å². The molecule has 20 heavy (non-hydrogen) atoms. The molecule has 1 aromatic carbocycles.